The highest BCUT2D eigenvalue weighted by Gasteiger charge is 2.13. The van der Waals surface area contributed by atoms with Gasteiger partial charge in [-0.25, -0.2) is 0 Å². The van der Waals surface area contributed by atoms with Gasteiger partial charge < -0.3 is 10.6 Å². The van der Waals surface area contributed by atoms with Gasteiger partial charge in [0.1, 0.15) is 0 Å². The molecule has 2 aromatic rings. The van der Waals surface area contributed by atoms with Crippen molar-refractivity contribution >= 4 is 29.7 Å². The third-order valence-corrected chi connectivity index (χ3v) is 3.15. The van der Waals surface area contributed by atoms with Gasteiger partial charge in [0.25, 0.3) is 0 Å². The summed E-state index contributed by atoms with van der Waals surface area (Å²) in [6.07, 6.45) is 1.84. The molecule has 5 heteroatoms. The van der Waals surface area contributed by atoms with Crippen molar-refractivity contribution in [2.75, 3.05) is 17.7 Å². The molecule has 21 heavy (non-hydrogen) atoms. The number of hydrogen-bond acceptors (Lipinski definition) is 3. The van der Waals surface area contributed by atoms with Crippen LogP contribution < -0.4 is 10.6 Å². The molecule has 0 saturated heterocycles. The van der Waals surface area contributed by atoms with E-state index in [1.165, 1.54) is 0 Å². The Labute approximate surface area is 131 Å². The predicted molar refractivity (Wildman–Crippen MR) is 88.9 cm³/mol. The van der Waals surface area contributed by atoms with Crippen LogP contribution in [-0.2, 0) is 11.2 Å². The van der Waals surface area contributed by atoms with E-state index in [1.54, 1.807) is 30.3 Å². The second kappa shape index (κ2) is 7.09. The predicted octanol–water partition coefficient (Wildman–Crippen LogP) is 2.91. The average Bonchev–Trinajstić information content (AvgIpc) is 2.39. The number of hydrogen-bond donors (Lipinski definition) is 1. The standard InChI is InChI=1S/C16H19N3O.ClH/c1-11-6-12(2)8-15(7-11)19(3)16(20)9-14-5-4-13(17)10-18-14;/h4-8,10H,9,17H2,1-3H3;1H. The molecular formula is C16H20ClN3O. The Morgan fingerprint density at radius 3 is 2.33 bits per heavy atom. The number of carbonyl (C=O) groups is 1. The molecule has 0 spiro atoms. The Morgan fingerprint density at radius 2 is 1.81 bits per heavy atom. The van der Waals surface area contributed by atoms with E-state index < -0.39 is 0 Å². The molecule has 0 aliphatic heterocycles. The average molecular weight is 306 g/mol. The van der Waals surface area contributed by atoms with Gasteiger partial charge in [0, 0.05) is 18.4 Å². The third kappa shape index (κ3) is 4.46. The Bertz CT molecular complexity index is 606. The highest BCUT2D eigenvalue weighted by atomic mass is 35.5. The lowest BCUT2D eigenvalue weighted by atomic mass is 10.1. The molecule has 0 bridgehead atoms. The first kappa shape index (κ1) is 17.0. The van der Waals surface area contributed by atoms with E-state index in [-0.39, 0.29) is 24.7 Å². The number of aromatic nitrogens is 1. The number of benzene rings is 1. The topological polar surface area (TPSA) is 59.2 Å². The van der Waals surface area contributed by atoms with Crippen LogP contribution in [0.3, 0.4) is 0 Å². The summed E-state index contributed by atoms with van der Waals surface area (Å²) in [6.45, 7) is 4.05. The molecule has 2 rings (SSSR count). The molecular weight excluding hydrogens is 286 g/mol. The minimum Gasteiger partial charge on any atom is -0.397 e. The number of amides is 1. The number of aryl methyl sites for hydroxylation is 2. The van der Waals surface area contributed by atoms with E-state index in [2.05, 4.69) is 11.1 Å². The van der Waals surface area contributed by atoms with Crippen molar-refractivity contribution in [3.8, 4) is 0 Å². The molecule has 0 atom stereocenters. The van der Waals surface area contributed by atoms with Crippen LogP contribution in [0.4, 0.5) is 11.4 Å². The van der Waals surface area contributed by atoms with Gasteiger partial charge in [-0.15, -0.1) is 12.4 Å². The zero-order chi connectivity index (χ0) is 14.7. The number of likely N-dealkylation sites (N-methyl/N-ethyl adjacent to an activating group) is 1. The summed E-state index contributed by atoms with van der Waals surface area (Å²) in [5, 5.41) is 0. The lowest BCUT2D eigenvalue weighted by Crippen LogP contribution is -2.28. The van der Waals surface area contributed by atoms with Gasteiger partial charge >= 0.3 is 0 Å². The van der Waals surface area contributed by atoms with E-state index in [1.807, 2.05) is 26.0 Å². The minimum atomic E-state index is 0. The quantitative estimate of drug-likeness (QED) is 0.948. The van der Waals surface area contributed by atoms with Gasteiger partial charge in [-0.05, 0) is 49.2 Å². The van der Waals surface area contributed by atoms with Crippen LogP contribution in [0.1, 0.15) is 16.8 Å². The summed E-state index contributed by atoms with van der Waals surface area (Å²) >= 11 is 0. The van der Waals surface area contributed by atoms with Gasteiger partial charge in [0.05, 0.1) is 18.3 Å². The molecule has 0 radical (unpaired) electrons. The molecule has 0 aliphatic carbocycles. The largest absolute Gasteiger partial charge is 0.397 e. The smallest absolute Gasteiger partial charge is 0.232 e. The number of nitrogens with zero attached hydrogens (tertiary/aromatic N) is 2. The monoisotopic (exact) mass is 305 g/mol. The molecule has 1 aromatic heterocycles. The van der Waals surface area contributed by atoms with Gasteiger partial charge in [-0.2, -0.15) is 0 Å². The highest BCUT2D eigenvalue weighted by Crippen LogP contribution is 2.18. The summed E-state index contributed by atoms with van der Waals surface area (Å²) in [4.78, 5) is 18.1. The van der Waals surface area contributed by atoms with Crippen LogP contribution >= 0.6 is 12.4 Å². The van der Waals surface area contributed by atoms with Crippen LogP contribution in [0.2, 0.25) is 0 Å². The second-order valence-corrected chi connectivity index (χ2v) is 5.06. The molecule has 0 unspecified atom stereocenters. The summed E-state index contributed by atoms with van der Waals surface area (Å²) < 4.78 is 0. The summed E-state index contributed by atoms with van der Waals surface area (Å²) in [6, 6.07) is 9.63. The Morgan fingerprint density at radius 1 is 1.19 bits per heavy atom. The van der Waals surface area contributed by atoms with Crippen molar-refractivity contribution in [1.29, 1.82) is 0 Å². The number of nitrogen functional groups attached to an aromatic ring is 1. The molecule has 0 fully saturated rings. The number of halogens is 1. The lowest BCUT2D eigenvalue weighted by Gasteiger charge is -2.18. The maximum absolute atomic E-state index is 12.3. The van der Waals surface area contributed by atoms with Crippen molar-refractivity contribution < 1.29 is 4.79 Å². The number of nitrogens with two attached hydrogens (primary N) is 1. The normalized spacial score (nSPS) is 9.86. The second-order valence-electron chi connectivity index (χ2n) is 5.06. The molecule has 4 nitrogen and oxygen atoms in total. The third-order valence-electron chi connectivity index (χ3n) is 3.15. The summed E-state index contributed by atoms with van der Waals surface area (Å²) in [7, 11) is 1.79. The SMILES string of the molecule is Cc1cc(C)cc(N(C)C(=O)Cc2ccc(N)cn2)c1.Cl. The lowest BCUT2D eigenvalue weighted by molar-refractivity contribution is -0.117. The Kier molecular flexibility index (Phi) is 5.73. The molecule has 1 amide bonds. The van der Waals surface area contributed by atoms with Gasteiger partial charge in [-0.1, -0.05) is 6.07 Å². The zero-order valence-electron chi connectivity index (χ0n) is 12.5. The zero-order valence-corrected chi connectivity index (χ0v) is 13.3. The van der Waals surface area contributed by atoms with E-state index in [9.17, 15) is 4.79 Å². The minimum absolute atomic E-state index is 0. The molecule has 0 saturated carbocycles. The maximum Gasteiger partial charge on any atom is 0.232 e. The van der Waals surface area contributed by atoms with Crippen molar-refractivity contribution in [3.05, 3.63) is 53.3 Å². The summed E-state index contributed by atoms with van der Waals surface area (Å²) in [5.41, 5.74) is 10.1. The van der Waals surface area contributed by atoms with Crippen molar-refractivity contribution in [1.82, 2.24) is 4.98 Å². The fourth-order valence-electron chi connectivity index (χ4n) is 2.10. The number of pyridine rings is 1. The molecule has 112 valence electrons. The van der Waals surface area contributed by atoms with Crippen molar-refractivity contribution in [2.24, 2.45) is 0 Å². The Balaban J connectivity index is 0.00000220. The van der Waals surface area contributed by atoms with Crippen LogP contribution in [0.15, 0.2) is 36.5 Å². The van der Waals surface area contributed by atoms with Gasteiger partial charge in [-0.3, -0.25) is 9.78 Å². The van der Waals surface area contributed by atoms with Crippen molar-refractivity contribution in [3.63, 3.8) is 0 Å². The number of rotatable bonds is 3. The fraction of sp³-hybridized carbons (Fsp3) is 0.250. The van der Waals surface area contributed by atoms with Crippen molar-refractivity contribution in [2.45, 2.75) is 20.3 Å². The summed E-state index contributed by atoms with van der Waals surface area (Å²) in [5.74, 6) is 0.00673. The van der Waals surface area contributed by atoms with E-state index in [0.717, 1.165) is 22.5 Å². The first-order valence-electron chi connectivity index (χ1n) is 6.51. The van der Waals surface area contributed by atoms with Crippen LogP contribution in [0.5, 0.6) is 0 Å². The van der Waals surface area contributed by atoms with E-state index in [4.69, 9.17) is 5.73 Å². The van der Waals surface area contributed by atoms with E-state index in [0.29, 0.717) is 5.69 Å². The number of anilines is 2. The first-order chi connectivity index (χ1) is 9.45. The van der Waals surface area contributed by atoms with Crippen LogP contribution in [0, 0.1) is 13.8 Å². The van der Waals surface area contributed by atoms with Crippen LogP contribution in [0.25, 0.3) is 0 Å². The Hall–Kier alpha value is -2.07. The number of carbonyl (C=O) groups excluding carboxylic acids is 1. The molecule has 1 heterocycles. The molecule has 2 N–H and O–H groups in total. The molecule has 1 aromatic carbocycles. The fourth-order valence-corrected chi connectivity index (χ4v) is 2.10. The molecule has 0 aliphatic rings. The van der Waals surface area contributed by atoms with Gasteiger partial charge in [0.2, 0.25) is 5.91 Å². The van der Waals surface area contributed by atoms with Gasteiger partial charge in [0.15, 0.2) is 0 Å². The van der Waals surface area contributed by atoms with E-state index >= 15 is 0 Å². The highest BCUT2D eigenvalue weighted by molar-refractivity contribution is 5.94. The van der Waals surface area contributed by atoms with Crippen LogP contribution in [-0.4, -0.2) is 17.9 Å². The first-order valence-corrected chi connectivity index (χ1v) is 6.51. The maximum atomic E-state index is 12.3.